The fourth-order valence-electron chi connectivity index (χ4n) is 2.38. The molecule has 0 spiro atoms. The van der Waals surface area contributed by atoms with E-state index in [1.54, 1.807) is 24.9 Å². The van der Waals surface area contributed by atoms with E-state index in [4.69, 9.17) is 4.42 Å². The molecule has 3 rings (SSSR count). The second-order valence-corrected chi connectivity index (χ2v) is 6.20. The molecule has 3 aromatic rings. The zero-order valence-corrected chi connectivity index (χ0v) is 14.8. The summed E-state index contributed by atoms with van der Waals surface area (Å²) in [5.41, 5.74) is 4.04. The van der Waals surface area contributed by atoms with Crippen LogP contribution in [0.4, 0.5) is 17.3 Å². The van der Waals surface area contributed by atoms with Gasteiger partial charge >= 0.3 is 0 Å². The maximum absolute atomic E-state index is 5.08. The minimum atomic E-state index is 0.570. The fraction of sp³-hybridized carbons (Fsp3) is 0.263. The number of nitrogens with zero attached hydrogens (tertiary/aromatic N) is 4. The normalized spacial score (nSPS) is 10.9. The van der Waals surface area contributed by atoms with Gasteiger partial charge in [-0.05, 0) is 44.4 Å². The summed E-state index contributed by atoms with van der Waals surface area (Å²) in [6.07, 6.45) is 6.88. The van der Waals surface area contributed by atoms with Gasteiger partial charge in [-0.3, -0.25) is 0 Å². The third-order valence-electron chi connectivity index (χ3n) is 3.95. The zero-order chi connectivity index (χ0) is 17.6. The lowest BCUT2D eigenvalue weighted by Gasteiger charge is -2.21. The lowest BCUT2D eigenvalue weighted by molar-refractivity contribution is 0.416. The first-order chi connectivity index (χ1) is 12.1. The highest BCUT2D eigenvalue weighted by atomic mass is 16.3. The van der Waals surface area contributed by atoms with Gasteiger partial charge in [-0.15, -0.1) is 0 Å². The van der Waals surface area contributed by atoms with Crippen LogP contribution in [0.25, 0.3) is 11.1 Å². The van der Waals surface area contributed by atoms with Crippen molar-refractivity contribution in [2.75, 3.05) is 44.4 Å². The molecule has 0 unspecified atom stereocenters. The molecule has 0 saturated heterocycles. The second kappa shape index (κ2) is 7.81. The van der Waals surface area contributed by atoms with E-state index in [0.717, 1.165) is 29.9 Å². The summed E-state index contributed by atoms with van der Waals surface area (Å²) in [6, 6.07) is 10.1. The third kappa shape index (κ3) is 4.58. The van der Waals surface area contributed by atoms with Crippen LogP contribution < -0.4 is 10.2 Å². The lowest BCUT2D eigenvalue weighted by Crippen LogP contribution is -2.28. The van der Waals surface area contributed by atoms with Gasteiger partial charge in [0, 0.05) is 55.0 Å². The van der Waals surface area contributed by atoms with Crippen molar-refractivity contribution < 1.29 is 4.42 Å². The predicted molar refractivity (Wildman–Crippen MR) is 101 cm³/mol. The van der Waals surface area contributed by atoms with Gasteiger partial charge in [0.25, 0.3) is 0 Å². The maximum Gasteiger partial charge on any atom is 0.227 e. The largest absolute Gasteiger partial charge is 0.472 e. The summed E-state index contributed by atoms with van der Waals surface area (Å²) in [6.45, 7) is 2.01. The van der Waals surface area contributed by atoms with Crippen molar-refractivity contribution in [2.45, 2.75) is 0 Å². The summed E-state index contributed by atoms with van der Waals surface area (Å²) < 4.78 is 5.08. The Morgan fingerprint density at radius 1 is 0.920 bits per heavy atom. The molecule has 0 aliphatic heterocycles. The minimum Gasteiger partial charge on any atom is -0.472 e. The average molecular weight is 337 g/mol. The van der Waals surface area contributed by atoms with Gasteiger partial charge in [0.2, 0.25) is 5.95 Å². The van der Waals surface area contributed by atoms with Crippen LogP contribution in [0.1, 0.15) is 0 Å². The summed E-state index contributed by atoms with van der Waals surface area (Å²) in [4.78, 5) is 13.1. The number of benzene rings is 1. The Morgan fingerprint density at radius 3 is 2.24 bits per heavy atom. The molecular weight excluding hydrogens is 314 g/mol. The SMILES string of the molecule is CN(C)CCN(C)c1ccc(Nc2ncc(-c3ccoc3)cn2)cc1. The molecule has 6 nitrogen and oxygen atoms in total. The van der Waals surface area contributed by atoms with Gasteiger partial charge in [-0.1, -0.05) is 0 Å². The Morgan fingerprint density at radius 2 is 1.64 bits per heavy atom. The van der Waals surface area contributed by atoms with Crippen LogP contribution >= 0.6 is 0 Å². The van der Waals surface area contributed by atoms with Gasteiger partial charge in [-0.2, -0.15) is 0 Å². The van der Waals surface area contributed by atoms with E-state index < -0.39 is 0 Å². The van der Waals surface area contributed by atoms with Crippen molar-refractivity contribution in [3.63, 3.8) is 0 Å². The van der Waals surface area contributed by atoms with E-state index in [1.165, 1.54) is 5.69 Å². The number of furan rings is 1. The zero-order valence-electron chi connectivity index (χ0n) is 14.8. The van der Waals surface area contributed by atoms with Crippen LogP contribution in [0, 0.1) is 0 Å². The van der Waals surface area contributed by atoms with Crippen molar-refractivity contribution in [3.05, 3.63) is 55.3 Å². The summed E-state index contributed by atoms with van der Waals surface area (Å²) >= 11 is 0. The number of aromatic nitrogens is 2. The number of hydrogen-bond acceptors (Lipinski definition) is 6. The quantitative estimate of drug-likeness (QED) is 0.712. The highest BCUT2D eigenvalue weighted by Gasteiger charge is 2.04. The van der Waals surface area contributed by atoms with E-state index in [9.17, 15) is 0 Å². The van der Waals surface area contributed by atoms with E-state index >= 15 is 0 Å². The Bertz CT molecular complexity index is 767. The molecule has 0 radical (unpaired) electrons. The van der Waals surface area contributed by atoms with Gasteiger partial charge in [0.1, 0.15) is 0 Å². The number of rotatable bonds is 7. The third-order valence-corrected chi connectivity index (χ3v) is 3.95. The van der Waals surface area contributed by atoms with Crippen LogP contribution in [0.3, 0.4) is 0 Å². The summed E-state index contributed by atoms with van der Waals surface area (Å²) in [7, 11) is 6.26. The van der Waals surface area contributed by atoms with Crippen LogP contribution in [0.15, 0.2) is 59.7 Å². The minimum absolute atomic E-state index is 0.570. The monoisotopic (exact) mass is 337 g/mol. The predicted octanol–water partition coefficient (Wildman–Crippen LogP) is 3.48. The highest BCUT2D eigenvalue weighted by molar-refractivity contribution is 5.62. The molecule has 2 heterocycles. The highest BCUT2D eigenvalue weighted by Crippen LogP contribution is 2.21. The van der Waals surface area contributed by atoms with E-state index in [1.807, 2.05) is 18.2 Å². The Kier molecular flexibility index (Phi) is 5.30. The molecule has 1 N–H and O–H groups in total. The number of nitrogens with one attached hydrogen (secondary N) is 1. The molecule has 0 saturated carbocycles. The lowest BCUT2D eigenvalue weighted by atomic mass is 10.2. The first-order valence-corrected chi connectivity index (χ1v) is 8.19. The first-order valence-electron chi connectivity index (χ1n) is 8.19. The molecule has 0 atom stereocenters. The molecule has 0 amide bonds. The van der Waals surface area contributed by atoms with E-state index in [-0.39, 0.29) is 0 Å². The first kappa shape index (κ1) is 17.0. The molecule has 2 aromatic heterocycles. The van der Waals surface area contributed by atoms with E-state index in [0.29, 0.717) is 5.95 Å². The van der Waals surface area contributed by atoms with Crippen molar-refractivity contribution in [1.82, 2.24) is 14.9 Å². The number of anilines is 3. The second-order valence-electron chi connectivity index (χ2n) is 6.20. The van der Waals surface area contributed by atoms with Crippen molar-refractivity contribution in [2.24, 2.45) is 0 Å². The van der Waals surface area contributed by atoms with Gasteiger partial charge in [0.05, 0.1) is 12.5 Å². The molecule has 0 bridgehead atoms. The van der Waals surface area contributed by atoms with Crippen LogP contribution in [-0.2, 0) is 0 Å². The van der Waals surface area contributed by atoms with Crippen LogP contribution in [0.5, 0.6) is 0 Å². The number of hydrogen-bond donors (Lipinski definition) is 1. The molecule has 130 valence electrons. The van der Waals surface area contributed by atoms with Crippen molar-refractivity contribution >= 4 is 17.3 Å². The van der Waals surface area contributed by atoms with Gasteiger partial charge in [-0.25, -0.2) is 9.97 Å². The number of likely N-dealkylation sites (N-methyl/N-ethyl adjacent to an activating group) is 2. The van der Waals surface area contributed by atoms with Gasteiger partial charge in [0.15, 0.2) is 0 Å². The van der Waals surface area contributed by atoms with Crippen LogP contribution in [-0.4, -0.2) is 49.1 Å². The molecule has 6 heteroatoms. The standard InChI is InChI=1S/C19H23N5O/c1-23(2)9-10-24(3)18-6-4-17(5-7-18)22-19-20-12-16(13-21-19)15-8-11-25-14-15/h4-8,11-14H,9-10H2,1-3H3,(H,20,21,22). The maximum atomic E-state index is 5.08. The van der Waals surface area contributed by atoms with E-state index in [2.05, 4.69) is 58.4 Å². The molecule has 0 aliphatic rings. The fourth-order valence-corrected chi connectivity index (χ4v) is 2.38. The van der Waals surface area contributed by atoms with Gasteiger partial charge < -0.3 is 19.5 Å². The molecular formula is C19H23N5O. The Labute approximate surface area is 148 Å². The smallest absolute Gasteiger partial charge is 0.227 e. The Hall–Kier alpha value is -2.86. The van der Waals surface area contributed by atoms with Crippen LogP contribution in [0.2, 0.25) is 0 Å². The molecule has 1 aromatic carbocycles. The topological polar surface area (TPSA) is 57.4 Å². The van der Waals surface area contributed by atoms with Crippen molar-refractivity contribution in [1.29, 1.82) is 0 Å². The molecule has 0 aliphatic carbocycles. The summed E-state index contributed by atoms with van der Waals surface area (Å²) in [5.74, 6) is 0.570. The van der Waals surface area contributed by atoms with Crippen molar-refractivity contribution in [3.8, 4) is 11.1 Å². The Balaban J connectivity index is 1.61. The summed E-state index contributed by atoms with van der Waals surface area (Å²) in [5, 5.41) is 3.22. The molecule has 25 heavy (non-hydrogen) atoms. The average Bonchev–Trinajstić information content (AvgIpc) is 3.15. The molecule has 0 fully saturated rings.